The Bertz CT molecular complexity index is 1070. The summed E-state index contributed by atoms with van der Waals surface area (Å²) in [6, 6.07) is 20.1. The zero-order chi connectivity index (χ0) is 28.1. The van der Waals surface area contributed by atoms with Crippen LogP contribution in [0.2, 0.25) is 0 Å². The van der Waals surface area contributed by atoms with Crippen LogP contribution in [-0.4, -0.2) is 69.6 Å². The van der Waals surface area contributed by atoms with Gasteiger partial charge in [-0.3, -0.25) is 9.59 Å². The van der Waals surface area contributed by atoms with E-state index in [0.29, 0.717) is 25.5 Å². The topological polar surface area (TPSA) is 77.9 Å². The fraction of sp³-hybridized carbons (Fsp3) is 0.357. The van der Waals surface area contributed by atoms with Crippen molar-refractivity contribution in [3.63, 3.8) is 0 Å². The Labute approximate surface area is 241 Å². The van der Waals surface area contributed by atoms with Crippen molar-refractivity contribution in [2.75, 3.05) is 38.7 Å². The number of rotatable bonds is 4. The second-order valence-electron chi connectivity index (χ2n) is 8.75. The maximum atomic E-state index is 11.4. The zero-order valence-corrected chi connectivity index (χ0v) is 24.6. The van der Waals surface area contributed by atoms with E-state index in [9.17, 15) is 14.7 Å². The third kappa shape index (κ3) is 10.2. The number of hydrogen-bond donors (Lipinski definition) is 1. The Morgan fingerprint density at radius 3 is 1.50 bits per heavy atom. The lowest BCUT2D eigenvalue weighted by Gasteiger charge is -2.30. The van der Waals surface area contributed by atoms with Crippen LogP contribution >= 0.6 is 33.0 Å². The highest BCUT2D eigenvalue weighted by Gasteiger charge is 2.22. The average molecular weight is 600 g/mol. The second-order valence-corrected chi connectivity index (χ2v) is 11.5. The predicted molar refractivity (Wildman–Crippen MR) is 158 cm³/mol. The summed E-state index contributed by atoms with van der Waals surface area (Å²) in [5.41, 5.74) is 6.89. The van der Waals surface area contributed by atoms with Crippen molar-refractivity contribution in [3.8, 4) is 0 Å². The number of nitrogens with zero attached hydrogens (tertiary/aromatic N) is 2. The van der Waals surface area contributed by atoms with Gasteiger partial charge in [0.15, 0.2) is 0 Å². The van der Waals surface area contributed by atoms with Gasteiger partial charge in [-0.2, -0.15) is 0 Å². The quantitative estimate of drug-likeness (QED) is 0.364. The van der Waals surface area contributed by atoms with Gasteiger partial charge in [0.05, 0.1) is 6.61 Å². The van der Waals surface area contributed by atoms with Crippen LogP contribution in [0.4, 0.5) is 0 Å². The van der Waals surface area contributed by atoms with Crippen molar-refractivity contribution >= 4 is 65.2 Å². The van der Waals surface area contributed by atoms with Crippen LogP contribution in [0, 0.1) is 0 Å². The van der Waals surface area contributed by atoms with Gasteiger partial charge in [0.1, 0.15) is 0 Å². The smallest absolute Gasteiger partial charge is 0.219 e. The summed E-state index contributed by atoms with van der Waals surface area (Å²) < 4.78 is 9.09. The molecule has 1 N–H and O–H groups in total. The number of alkyl halides is 1. The Morgan fingerprint density at radius 1 is 0.789 bits per heavy atom. The van der Waals surface area contributed by atoms with Gasteiger partial charge in [-0.1, -0.05) is 60.7 Å². The summed E-state index contributed by atoms with van der Waals surface area (Å²) in [5, 5.41) is 9.39. The van der Waals surface area contributed by atoms with Gasteiger partial charge < -0.3 is 14.9 Å². The third-order valence-corrected chi connectivity index (χ3v) is 6.73. The van der Waals surface area contributed by atoms with Gasteiger partial charge in [-0.15, -0.1) is 11.6 Å². The van der Waals surface area contributed by atoms with Crippen molar-refractivity contribution in [1.82, 2.24) is 9.80 Å². The molecule has 2 aromatic rings. The zero-order valence-electron chi connectivity index (χ0n) is 21.5. The van der Waals surface area contributed by atoms with E-state index >= 15 is 0 Å². The van der Waals surface area contributed by atoms with E-state index < -0.39 is 9.23 Å². The predicted octanol–water partition coefficient (Wildman–Crippen LogP) is 5.66. The lowest BCUT2D eigenvalue weighted by Crippen LogP contribution is -2.35. The highest BCUT2D eigenvalue weighted by atomic mass is 36.0. The number of halogens is 3. The molecule has 0 saturated heterocycles. The van der Waals surface area contributed by atoms with Crippen molar-refractivity contribution in [1.29, 1.82) is 0 Å². The number of carbonyl (C=O) groups excluding carboxylic acids is 2. The minimum Gasteiger partial charge on any atom is -0.392 e. The molecule has 2 heterocycles. The molecule has 0 saturated carbocycles. The molecule has 0 atom stereocenters. The van der Waals surface area contributed by atoms with Crippen LogP contribution in [0.25, 0.3) is 11.1 Å². The van der Waals surface area contributed by atoms with Crippen molar-refractivity contribution in [3.05, 3.63) is 82.9 Å². The molecule has 2 amide bonds. The Balaban J connectivity index is 0.000000234. The second kappa shape index (κ2) is 16.7. The summed E-state index contributed by atoms with van der Waals surface area (Å²) in [6.07, 6.45) is 1.65. The minimum atomic E-state index is -1.67. The highest BCUT2D eigenvalue weighted by molar-refractivity contribution is 8.26. The van der Waals surface area contributed by atoms with E-state index in [1.807, 2.05) is 58.3 Å². The summed E-state index contributed by atoms with van der Waals surface area (Å²) in [4.78, 5) is 26.5. The van der Waals surface area contributed by atoms with Gasteiger partial charge in [0.2, 0.25) is 21.0 Å². The molecule has 2 aliphatic rings. The van der Waals surface area contributed by atoms with Crippen LogP contribution in [0.5, 0.6) is 0 Å². The molecule has 4 rings (SSSR count). The van der Waals surface area contributed by atoms with Crippen LogP contribution in [0.1, 0.15) is 37.8 Å². The molecule has 0 unspecified atom stereocenters. The first-order valence-electron chi connectivity index (χ1n) is 12.1. The number of carbonyl (C=O) groups is 2. The van der Waals surface area contributed by atoms with Crippen LogP contribution in [0.3, 0.4) is 0 Å². The van der Waals surface area contributed by atoms with Gasteiger partial charge in [0.25, 0.3) is 0 Å². The lowest BCUT2D eigenvalue weighted by molar-refractivity contribution is -0.129. The molecular formula is C28H33Cl3N2O4S. The van der Waals surface area contributed by atoms with E-state index in [1.54, 1.807) is 13.8 Å². The summed E-state index contributed by atoms with van der Waals surface area (Å²) in [7, 11) is 7.36. The number of amides is 2. The monoisotopic (exact) mass is 598 g/mol. The molecular weight excluding hydrogens is 567 g/mol. The van der Waals surface area contributed by atoms with E-state index in [2.05, 4.69) is 33.5 Å². The molecule has 38 heavy (non-hydrogen) atoms. The molecule has 0 aromatic heterocycles. The fourth-order valence-corrected chi connectivity index (χ4v) is 4.63. The Hall–Kier alpha value is -2.16. The molecule has 6 nitrogen and oxygen atoms in total. The van der Waals surface area contributed by atoms with E-state index in [0.717, 1.165) is 36.1 Å². The number of aliphatic hydroxyl groups is 1. The maximum absolute atomic E-state index is 11.4. The molecule has 0 radical (unpaired) electrons. The maximum Gasteiger partial charge on any atom is 0.219 e. The standard InChI is InChI=1S/C14H16ClNO.C14H17NO2.Cl2OS/c1-11(17)16-8-7-13(9-15)14(10-16)12-5-3-2-4-6-12;1-11(17)15-8-7-13(10-16)14(9-15)12-5-3-2-4-6-12;1-4(2)3/h2-6H,7-10H2,1H3;2-6,16H,7-10H2,1H3;. The first-order chi connectivity index (χ1) is 18.2. The van der Waals surface area contributed by atoms with Gasteiger partial charge in [-0.25, -0.2) is 4.21 Å². The largest absolute Gasteiger partial charge is 0.392 e. The van der Waals surface area contributed by atoms with E-state index in [1.165, 1.54) is 16.7 Å². The van der Waals surface area contributed by atoms with Gasteiger partial charge in [0, 0.05) is 67.3 Å². The van der Waals surface area contributed by atoms with Crippen LogP contribution in [-0.2, 0) is 18.8 Å². The normalized spacial score (nSPS) is 15.4. The van der Waals surface area contributed by atoms with E-state index in [-0.39, 0.29) is 18.4 Å². The summed E-state index contributed by atoms with van der Waals surface area (Å²) in [6.45, 7) is 6.07. The van der Waals surface area contributed by atoms with Crippen molar-refractivity contribution < 1.29 is 18.9 Å². The van der Waals surface area contributed by atoms with Gasteiger partial charge in [-0.05, 0) is 46.3 Å². The first kappa shape index (κ1) is 32.1. The Morgan fingerprint density at radius 2 is 1.16 bits per heavy atom. The molecule has 10 heteroatoms. The van der Waals surface area contributed by atoms with Crippen LogP contribution in [0.15, 0.2) is 71.8 Å². The fourth-order valence-electron chi connectivity index (χ4n) is 4.33. The molecule has 206 valence electrons. The molecule has 0 bridgehead atoms. The summed E-state index contributed by atoms with van der Waals surface area (Å²) in [5.74, 6) is 0.776. The third-order valence-electron chi connectivity index (χ3n) is 6.41. The van der Waals surface area contributed by atoms with Crippen molar-refractivity contribution in [2.24, 2.45) is 0 Å². The van der Waals surface area contributed by atoms with E-state index in [4.69, 9.17) is 15.8 Å². The van der Waals surface area contributed by atoms with Crippen molar-refractivity contribution in [2.45, 2.75) is 26.7 Å². The minimum absolute atomic E-state index is 0.0793. The Kier molecular flexibility index (Phi) is 14.1. The molecule has 0 fully saturated rings. The molecule has 0 spiro atoms. The molecule has 0 aliphatic carbocycles. The lowest BCUT2D eigenvalue weighted by atomic mass is 9.94. The highest BCUT2D eigenvalue weighted by Crippen LogP contribution is 2.28. The number of hydrogen-bond acceptors (Lipinski definition) is 4. The number of aliphatic hydroxyl groups excluding tert-OH is 1. The molecule has 2 aliphatic heterocycles. The van der Waals surface area contributed by atoms with Crippen LogP contribution < -0.4 is 0 Å². The SMILES string of the molecule is CC(=O)N1CCC(CCl)=C(c2ccccc2)C1.CC(=O)N1CCC(CO)=C(c2ccccc2)C1.O=S(Cl)Cl. The number of benzene rings is 2. The first-order valence-corrected chi connectivity index (χ1v) is 15.5. The summed E-state index contributed by atoms with van der Waals surface area (Å²) >= 11 is 5.99. The average Bonchev–Trinajstić information content (AvgIpc) is 2.93. The van der Waals surface area contributed by atoms with Gasteiger partial charge >= 0.3 is 0 Å². The molecule has 2 aromatic carbocycles.